The first kappa shape index (κ1) is 14.1. The average molecular weight is 391 g/mol. The summed E-state index contributed by atoms with van der Waals surface area (Å²) in [7, 11) is 0. The van der Waals surface area contributed by atoms with Gasteiger partial charge in [-0.25, -0.2) is 0 Å². The van der Waals surface area contributed by atoms with Gasteiger partial charge in [-0.3, -0.25) is 4.79 Å². The maximum Gasteiger partial charge on any atom is 0.252 e. The van der Waals surface area contributed by atoms with Crippen molar-refractivity contribution in [3.63, 3.8) is 0 Å². The number of carbonyl (C=O) groups is 1. The molecule has 0 aliphatic heterocycles. The molecule has 3 aromatic rings. The summed E-state index contributed by atoms with van der Waals surface area (Å²) in [5.74, 6) is -0.0344. The number of nitrogens with one attached hydrogen (secondary N) is 1. The lowest BCUT2D eigenvalue weighted by molar-refractivity contribution is 0.0953. The molecule has 0 saturated carbocycles. The van der Waals surface area contributed by atoms with Gasteiger partial charge in [0.1, 0.15) is 5.58 Å². The standard InChI is InChI=1S/C17H14INO2/c18-15-7-3-1-6-14(15)17(20)19-10-9-12-11-21-16-8-4-2-5-13(12)16/h1-8,11H,9-10H2,(H,19,20). The van der Waals surface area contributed by atoms with Crippen LogP contribution in [0.3, 0.4) is 0 Å². The zero-order valence-electron chi connectivity index (χ0n) is 11.3. The van der Waals surface area contributed by atoms with Crippen molar-refractivity contribution in [3.8, 4) is 0 Å². The van der Waals surface area contributed by atoms with Gasteiger partial charge in [0.25, 0.3) is 5.91 Å². The number of fused-ring (bicyclic) bond motifs is 1. The molecule has 0 fully saturated rings. The molecular formula is C17H14INO2. The number of hydrogen-bond donors (Lipinski definition) is 1. The third kappa shape index (κ3) is 3.10. The average Bonchev–Trinajstić information content (AvgIpc) is 2.91. The fraction of sp³-hybridized carbons (Fsp3) is 0.118. The van der Waals surface area contributed by atoms with E-state index < -0.39 is 0 Å². The van der Waals surface area contributed by atoms with Crippen molar-refractivity contribution in [1.82, 2.24) is 5.32 Å². The van der Waals surface area contributed by atoms with E-state index in [-0.39, 0.29) is 5.91 Å². The molecule has 21 heavy (non-hydrogen) atoms. The zero-order valence-corrected chi connectivity index (χ0v) is 13.5. The third-order valence-electron chi connectivity index (χ3n) is 3.36. The van der Waals surface area contributed by atoms with Crippen molar-refractivity contribution < 1.29 is 9.21 Å². The highest BCUT2D eigenvalue weighted by Gasteiger charge is 2.09. The first-order chi connectivity index (χ1) is 10.3. The van der Waals surface area contributed by atoms with E-state index in [1.54, 1.807) is 6.26 Å². The Morgan fingerprint density at radius 1 is 1.10 bits per heavy atom. The van der Waals surface area contributed by atoms with Crippen molar-refractivity contribution >= 4 is 39.5 Å². The van der Waals surface area contributed by atoms with Crippen molar-refractivity contribution in [2.45, 2.75) is 6.42 Å². The van der Waals surface area contributed by atoms with Crippen LogP contribution in [0.1, 0.15) is 15.9 Å². The van der Waals surface area contributed by atoms with Crippen molar-refractivity contribution in [1.29, 1.82) is 0 Å². The zero-order chi connectivity index (χ0) is 14.7. The molecule has 0 spiro atoms. The summed E-state index contributed by atoms with van der Waals surface area (Å²) < 4.78 is 6.46. The lowest BCUT2D eigenvalue weighted by Crippen LogP contribution is -2.26. The molecule has 0 radical (unpaired) electrons. The molecule has 1 N–H and O–H groups in total. The van der Waals surface area contributed by atoms with Gasteiger partial charge >= 0.3 is 0 Å². The molecule has 0 aliphatic rings. The molecule has 0 atom stereocenters. The summed E-state index contributed by atoms with van der Waals surface area (Å²) in [6.45, 7) is 0.591. The predicted octanol–water partition coefficient (Wildman–Crippen LogP) is 4.01. The number of para-hydroxylation sites is 1. The van der Waals surface area contributed by atoms with Crippen LogP contribution in [0.2, 0.25) is 0 Å². The van der Waals surface area contributed by atoms with Gasteiger partial charge in [-0.15, -0.1) is 0 Å². The second-order valence-electron chi connectivity index (χ2n) is 4.74. The third-order valence-corrected chi connectivity index (χ3v) is 4.30. The SMILES string of the molecule is O=C(NCCc1coc2ccccc12)c1ccccc1I. The van der Waals surface area contributed by atoms with Gasteiger partial charge in [-0.1, -0.05) is 30.3 Å². The van der Waals surface area contributed by atoms with Crippen molar-refractivity contribution in [3.05, 3.63) is 69.5 Å². The highest BCUT2D eigenvalue weighted by atomic mass is 127. The molecule has 0 aliphatic carbocycles. The molecule has 3 rings (SSSR count). The number of carbonyl (C=O) groups excluding carboxylic acids is 1. The van der Waals surface area contributed by atoms with E-state index in [1.165, 1.54) is 0 Å². The monoisotopic (exact) mass is 391 g/mol. The van der Waals surface area contributed by atoms with E-state index in [0.717, 1.165) is 32.1 Å². The molecule has 1 heterocycles. The Balaban J connectivity index is 1.64. The number of furan rings is 1. The molecule has 0 saturated heterocycles. The van der Waals surface area contributed by atoms with Crippen LogP contribution < -0.4 is 5.32 Å². The quantitative estimate of drug-likeness (QED) is 0.683. The number of rotatable bonds is 4. The summed E-state index contributed by atoms with van der Waals surface area (Å²) in [5, 5.41) is 4.07. The van der Waals surface area contributed by atoms with Crippen LogP contribution in [0.25, 0.3) is 11.0 Å². The molecule has 0 bridgehead atoms. The van der Waals surface area contributed by atoms with Crippen LogP contribution in [0.4, 0.5) is 0 Å². The highest BCUT2D eigenvalue weighted by Crippen LogP contribution is 2.20. The van der Waals surface area contributed by atoms with Crippen LogP contribution >= 0.6 is 22.6 Å². The molecule has 4 heteroatoms. The van der Waals surface area contributed by atoms with Gasteiger partial charge in [0.15, 0.2) is 0 Å². The minimum absolute atomic E-state index is 0.0344. The van der Waals surface area contributed by atoms with Gasteiger partial charge in [0, 0.05) is 15.5 Å². The highest BCUT2D eigenvalue weighted by molar-refractivity contribution is 14.1. The number of halogens is 1. The van der Waals surface area contributed by atoms with Crippen LogP contribution in [0.5, 0.6) is 0 Å². The van der Waals surface area contributed by atoms with Gasteiger partial charge < -0.3 is 9.73 Å². The minimum Gasteiger partial charge on any atom is -0.464 e. The molecule has 3 nitrogen and oxygen atoms in total. The molecule has 106 valence electrons. The lowest BCUT2D eigenvalue weighted by Gasteiger charge is -2.06. The normalized spacial score (nSPS) is 10.7. The van der Waals surface area contributed by atoms with Crippen LogP contribution in [0, 0.1) is 3.57 Å². The van der Waals surface area contributed by atoms with E-state index in [4.69, 9.17) is 4.42 Å². The maximum absolute atomic E-state index is 12.1. The van der Waals surface area contributed by atoms with E-state index in [0.29, 0.717) is 6.54 Å². The Bertz CT molecular complexity index is 779. The summed E-state index contributed by atoms with van der Waals surface area (Å²) in [5.41, 5.74) is 2.72. The fourth-order valence-electron chi connectivity index (χ4n) is 2.28. The number of hydrogen-bond acceptors (Lipinski definition) is 2. The lowest BCUT2D eigenvalue weighted by atomic mass is 10.1. The van der Waals surface area contributed by atoms with E-state index >= 15 is 0 Å². The predicted molar refractivity (Wildman–Crippen MR) is 91.4 cm³/mol. The molecule has 2 aromatic carbocycles. The Morgan fingerprint density at radius 3 is 2.71 bits per heavy atom. The summed E-state index contributed by atoms with van der Waals surface area (Å²) in [4.78, 5) is 12.1. The van der Waals surface area contributed by atoms with E-state index in [9.17, 15) is 4.79 Å². The molecule has 0 unspecified atom stereocenters. The minimum atomic E-state index is -0.0344. The first-order valence-electron chi connectivity index (χ1n) is 6.73. The van der Waals surface area contributed by atoms with Gasteiger partial charge in [-0.2, -0.15) is 0 Å². The van der Waals surface area contributed by atoms with Crippen molar-refractivity contribution in [2.24, 2.45) is 0 Å². The number of benzene rings is 2. The van der Waals surface area contributed by atoms with Gasteiger partial charge in [0.2, 0.25) is 0 Å². The van der Waals surface area contributed by atoms with Crippen LogP contribution in [-0.4, -0.2) is 12.5 Å². The Kier molecular flexibility index (Phi) is 4.24. The Labute approximate surface area is 136 Å². The van der Waals surface area contributed by atoms with Gasteiger partial charge in [-0.05, 0) is 52.8 Å². The largest absolute Gasteiger partial charge is 0.464 e. The number of amides is 1. The van der Waals surface area contributed by atoms with Crippen LogP contribution in [0.15, 0.2) is 59.2 Å². The second kappa shape index (κ2) is 6.30. The van der Waals surface area contributed by atoms with Gasteiger partial charge in [0.05, 0.1) is 11.8 Å². The molecule has 1 amide bonds. The smallest absolute Gasteiger partial charge is 0.252 e. The van der Waals surface area contributed by atoms with Crippen LogP contribution in [-0.2, 0) is 6.42 Å². The topological polar surface area (TPSA) is 42.2 Å². The van der Waals surface area contributed by atoms with Crippen molar-refractivity contribution in [2.75, 3.05) is 6.54 Å². The van der Waals surface area contributed by atoms with E-state index in [2.05, 4.69) is 27.9 Å². The van der Waals surface area contributed by atoms with E-state index in [1.807, 2.05) is 48.5 Å². The Hall–Kier alpha value is -1.82. The Morgan fingerprint density at radius 2 is 1.86 bits per heavy atom. The second-order valence-corrected chi connectivity index (χ2v) is 5.91. The molecular weight excluding hydrogens is 377 g/mol. The first-order valence-corrected chi connectivity index (χ1v) is 7.81. The molecule has 1 aromatic heterocycles. The summed E-state index contributed by atoms with van der Waals surface area (Å²) >= 11 is 2.17. The summed E-state index contributed by atoms with van der Waals surface area (Å²) in [6, 6.07) is 15.5. The summed E-state index contributed by atoms with van der Waals surface area (Å²) in [6.07, 6.45) is 2.52. The maximum atomic E-state index is 12.1. The fourth-order valence-corrected chi connectivity index (χ4v) is 2.91.